The van der Waals surface area contributed by atoms with Gasteiger partial charge in [-0.25, -0.2) is 8.42 Å². The highest BCUT2D eigenvalue weighted by Crippen LogP contribution is 2.26. The molecule has 1 aliphatic rings. The molecule has 0 spiro atoms. The van der Waals surface area contributed by atoms with E-state index in [0.717, 1.165) is 30.6 Å². The standard InChI is InChI=1S/C16H18N2O4S2/c19-13-6-4-12(5-7-13)17-16(20)15-10-14(11-23-15)24(21,22)18-8-2-1-3-9-18/h4-7,10-11,19H,1-3,8-9H2,(H,17,20). The fourth-order valence-corrected chi connectivity index (χ4v) is 5.24. The topological polar surface area (TPSA) is 86.7 Å². The van der Waals surface area contributed by atoms with E-state index in [4.69, 9.17) is 0 Å². The van der Waals surface area contributed by atoms with Gasteiger partial charge < -0.3 is 10.4 Å². The van der Waals surface area contributed by atoms with Gasteiger partial charge in [0.25, 0.3) is 5.91 Å². The van der Waals surface area contributed by atoms with Crippen molar-refractivity contribution in [2.24, 2.45) is 0 Å². The summed E-state index contributed by atoms with van der Waals surface area (Å²) < 4.78 is 26.7. The zero-order chi connectivity index (χ0) is 17.2. The fourth-order valence-electron chi connectivity index (χ4n) is 2.56. The average molecular weight is 366 g/mol. The minimum absolute atomic E-state index is 0.110. The second-order valence-corrected chi connectivity index (χ2v) is 8.46. The molecular formula is C16H18N2O4S2. The van der Waals surface area contributed by atoms with Crippen LogP contribution in [0.15, 0.2) is 40.6 Å². The summed E-state index contributed by atoms with van der Waals surface area (Å²) in [5.74, 6) is -0.259. The number of phenols is 1. The van der Waals surface area contributed by atoms with E-state index in [1.807, 2.05) is 0 Å². The third-order valence-corrected chi connectivity index (χ3v) is 6.83. The van der Waals surface area contributed by atoms with Crippen molar-refractivity contribution < 1.29 is 18.3 Å². The van der Waals surface area contributed by atoms with Crippen LogP contribution in [0.3, 0.4) is 0 Å². The molecule has 3 rings (SSSR count). The monoisotopic (exact) mass is 366 g/mol. The average Bonchev–Trinajstić information content (AvgIpc) is 3.09. The maximum absolute atomic E-state index is 12.6. The smallest absolute Gasteiger partial charge is 0.265 e. The lowest BCUT2D eigenvalue weighted by atomic mass is 10.2. The summed E-state index contributed by atoms with van der Waals surface area (Å²) in [6, 6.07) is 7.51. The first-order valence-electron chi connectivity index (χ1n) is 7.66. The molecule has 1 fully saturated rings. The molecule has 1 amide bonds. The first-order chi connectivity index (χ1) is 11.5. The van der Waals surface area contributed by atoms with Gasteiger partial charge in [0.2, 0.25) is 10.0 Å². The summed E-state index contributed by atoms with van der Waals surface area (Å²) in [4.78, 5) is 12.7. The van der Waals surface area contributed by atoms with E-state index in [9.17, 15) is 18.3 Å². The number of carbonyl (C=O) groups is 1. The van der Waals surface area contributed by atoms with Crippen LogP contribution >= 0.6 is 11.3 Å². The molecule has 0 saturated carbocycles. The number of amides is 1. The minimum atomic E-state index is -3.52. The van der Waals surface area contributed by atoms with E-state index >= 15 is 0 Å². The highest BCUT2D eigenvalue weighted by Gasteiger charge is 2.27. The molecule has 1 aromatic heterocycles. The lowest BCUT2D eigenvalue weighted by Crippen LogP contribution is -2.35. The summed E-state index contributed by atoms with van der Waals surface area (Å²) in [5.41, 5.74) is 0.534. The van der Waals surface area contributed by atoms with Gasteiger partial charge in [0.1, 0.15) is 5.75 Å². The van der Waals surface area contributed by atoms with Crippen LogP contribution in [0, 0.1) is 0 Å². The zero-order valence-electron chi connectivity index (χ0n) is 12.9. The predicted octanol–water partition coefficient (Wildman–Crippen LogP) is 2.88. The number of piperidine rings is 1. The second-order valence-electron chi connectivity index (χ2n) is 5.61. The van der Waals surface area contributed by atoms with Crippen LogP contribution in [0.25, 0.3) is 0 Å². The highest BCUT2D eigenvalue weighted by molar-refractivity contribution is 7.89. The highest BCUT2D eigenvalue weighted by atomic mass is 32.2. The number of rotatable bonds is 4. The van der Waals surface area contributed by atoms with Crippen LogP contribution in [-0.2, 0) is 10.0 Å². The Balaban J connectivity index is 1.74. The van der Waals surface area contributed by atoms with Crippen molar-refractivity contribution in [2.45, 2.75) is 24.2 Å². The van der Waals surface area contributed by atoms with E-state index in [1.54, 1.807) is 12.1 Å². The lowest BCUT2D eigenvalue weighted by Gasteiger charge is -2.25. The summed E-state index contributed by atoms with van der Waals surface area (Å²) in [5, 5.41) is 13.4. The van der Waals surface area contributed by atoms with E-state index in [1.165, 1.54) is 27.9 Å². The number of phenolic OH excluding ortho intramolecular Hbond substituents is 1. The third kappa shape index (κ3) is 3.61. The van der Waals surface area contributed by atoms with Crippen LogP contribution in [0.2, 0.25) is 0 Å². The van der Waals surface area contributed by atoms with Crippen molar-refractivity contribution >= 4 is 33.0 Å². The molecule has 2 heterocycles. The quantitative estimate of drug-likeness (QED) is 0.815. The number of hydrogen-bond donors (Lipinski definition) is 2. The Hall–Kier alpha value is -1.90. The Bertz CT molecular complexity index is 822. The summed E-state index contributed by atoms with van der Waals surface area (Å²) in [7, 11) is -3.52. The number of nitrogens with zero attached hydrogens (tertiary/aromatic N) is 1. The Morgan fingerprint density at radius 2 is 1.79 bits per heavy atom. The first-order valence-corrected chi connectivity index (χ1v) is 9.98. The zero-order valence-corrected chi connectivity index (χ0v) is 14.6. The Morgan fingerprint density at radius 1 is 1.12 bits per heavy atom. The van der Waals surface area contributed by atoms with E-state index < -0.39 is 10.0 Å². The molecule has 1 saturated heterocycles. The molecule has 24 heavy (non-hydrogen) atoms. The van der Waals surface area contributed by atoms with Crippen LogP contribution in [0.4, 0.5) is 5.69 Å². The summed E-state index contributed by atoms with van der Waals surface area (Å²) in [6.07, 6.45) is 2.80. The van der Waals surface area contributed by atoms with Crippen LogP contribution in [0.5, 0.6) is 5.75 Å². The van der Waals surface area contributed by atoms with Gasteiger partial charge in [-0.1, -0.05) is 6.42 Å². The van der Waals surface area contributed by atoms with Crippen LogP contribution in [0.1, 0.15) is 28.9 Å². The number of sulfonamides is 1. The normalized spacial score (nSPS) is 16.0. The van der Waals surface area contributed by atoms with Gasteiger partial charge in [-0.2, -0.15) is 4.31 Å². The van der Waals surface area contributed by atoms with Gasteiger partial charge in [-0.05, 0) is 43.2 Å². The minimum Gasteiger partial charge on any atom is -0.508 e. The molecule has 6 nitrogen and oxygen atoms in total. The molecule has 0 atom stereocenters. The van der Waals surface area contributed by atoms with E-state index in [-0.39, 0.29) is 16.6 Å². The Morgan fingerprint density at radius 3 is 2.46 bits per heavy atom. The van der Waals surface area contributed by atoms with Gasteiger partial charge >= 0.3 is 0 Å². The molecular weight excluding hydrogens is 348 g/mol. The number of thiophene rings is 1. The van der Waals surface area contributed by atoms with E-state index in [0.29, 0.717) is 23.7 Å². The Kier molecular flexibility index (Phi) is 4.88. The number of carbonyl (C=O) groups excluding carboxylic acids is 1. The third-order valence-electron chi connectivity index (χ3n) is 3.88. The van der Waals surface area contributed by atoms with Crippen molar-refractivity contribution in [1.82, 2.24) is 4.31 Å². The maximum Gasteiger partial charge on any atom is 0.265 e. The molecule has 0 aliphatic carbocycles. The van der Waals surface area contributed by atoms with Gasteiger partial charge in [-0.15, -0.1) is 11.3 Å². The number of benzene rings is 1. The number of anilines is 1. The first kappa shape index (κ1) is 16.9. The van der Waals surface area contributed by atoms with Crippen LogP contribution < -0.4 is 5.32 Å². The second kappa shape index (κ2) is 6.92. The number of hydrogen-bond acceptors (Lipinski definition) is 5. The SMILES string of the molecule is O=C(Nc1ccc(O)cc1)c1cc(S(=O)(=O)N2CCCCC2)cs1. The van der Waals surface area contributed by atoms with Crippen molar-refractivity contribution in [3.05, 3.63) is 40.6 Å². The van der Waals surface area contributed by atoms with Gasteiger partial charge in [0.15, 0.2) is 0 Å². The summed E-state index contributed by atoms with van der Waals surface area (Å²) in [6.45, 7) is 1.07. The molecule has 128 valence electrons. The lowest BCUT2D eigenvalue weighted by molar-refractivity contribution is 0.103. The van der Waals surface area contributed by atoms with Crippen molar-refractivity contribution in [3.63, 3.8) is 0 Å². The maximum atomic E-state index is 12.6. The van der Waals surface area contributed by atoms with Crippen molar-refractivity contribution in [3.8, 4) is 5.75 Å². The molecule has 2 N–H and O–H groups in total. The molecule has 0 radical (unpaired) electrons. The molecule has 2 aromatic rings. The fraction of sp³-hybridized carbons (Fsp3) is 0.312. The summed E-state index contributed by atoms with van der Waals surface area (Å²) >= 11 is 1.10. The van der Waals surface area contributed by atoms with Crippen molar-refractivity contribution in [1.29, 1.82) is 0 Å². The Labute approximate surface area is 144 Å². The molecule has 0 bridgehead atoms. The van der Waals surface area contributed by atoms with Crippen LogP contribution in [-0.4, -0.2) is 36.8 Å². The van der Waals surface area contributed by atoms with Gasteiger partial charge in [-0.3, -0.25) is 4.79 Å². The molecule has 1 aromatic carbocycles. The van der Waals surface area contributed by atoms with Gasteiger partial charge in [0, 0.05) is 24.2 Å². The molecule has 1 aliphatic heterocycles. The van der Waals surface area contributed by atoms with E-state index in [2.05, 4.69) is 5.32 Å². The molecule has 0 unspecified atom stereocenters. The number of nitrogens with one attached hydrogen (secondary N) is 1. The number of aromatic hydroxyl groups is 1. The van der Waals surface area contributed by atoms with Gasteiger partial charge in [0.05, 0.1) is 9.77 Å². The molecule has 8 heteroatoms. The van der Waals surface area contributed by atoms with Crippen molar-refractivity contribution in [2.75, 3.05) is 18.4 Å². The largest absolute Gasteiger partial charge is 0.508 e. The predicted molar refractivity (Wildman–Crippen MR) is 93.0 cm³/mol.